The number of halogens is 1. The van der Waals surface area contributed by atoms with Crippen LogP contribution in [0.15, 0.2) is 34.6 Å². The number of benzene rings is 1. The second-order valence-corrected chi connectivity index (χ2v) is 7.29. The largest absolute Gasteiger partial charge is 0.357 e. The number of anilines is 1. The van der Waals surface area contributed by atoms with E-state index in [-0.39, 0.29) is 29.9 Å². The van der Waals surface area contributed by atoms with Crippen LogP contribution in [-0.2, 0) is 17.8 Å². The molecule has 0 aliphatic heterocycles. The minimum Gasteiger partial charge on any atom is -0.357 e. The lowest BCUT2D eigenvalue weighted by molar-refractivity contribution is -0.116. The minimum absolute atomic E-state index is 0. The van der Waals surface area contributed by atoms with Crippen molar-refractivity contribution in [2.45, 2.75) is 46.6 Å². The van der Waals surface area contributed by atoms with Crippen LogP contribution >= 0.6 is 35.3 Å². The van der Waals surface area contributed by atoms with Gasteiger partial charge in [0.15, 0.2) is 5.96 Å². The van der Waals surface area contributed by atoms with Gasteiger partial charge in [-0.05, 0) is 38.0 Å². The van der Waals surface area contributed by atoms with Crippen molar-refractivity contribution in [3.05, 3.63) is 45.9 Å². The number of rotatable bonds is 9. The molecular formula is C20H30IN5OS. The molecular weight excluding hydrogens is 485 g/mol. The topological polar surface area (TPSA) is 78.4 Å². The van der Waals surface area contributed by atoms with Crippen LogP contribution in [0.25, 0.3) is 0 Å². The van der Waals surface area contributed by atoms with Gasteiger partial charge in [-0.1, -0.05) is 19.1 Å². The highest BCUT2D eigenvalue weighted by molar-refractivity contribution is 14.0. The van der Waals surface area contributed by atoms with E-state index in [0.29, 0.717) is 13.0 Å². The molecule has 1 amide bonds. The molecule has 0 radical (unpaired) electrons. The molecule has 8 heteroatoms. The van der Waals surface area contributed by atoms with E-state index in [2.05, 4.69) is 38.2 Å². The number of carbonyl (C=O) groups excluding carboxylic acids is 1. The molecule has 1 heterocycles. The van der Waals surface area contributed by atoms with Crippen LogP contribution < -0.4 is 16.0 Å². The van der Waals surface area contributed by atoms with E-state index >= 15 is 0 Å². The molecule has 0 fully saturated rings. The normalized spacial score (nSPS) is 10.9. The number of aromatic nitrogens is 1. The highest BCUT2D eigenvalue weighted by Crippen LogP contribution is 2.11. The van der Waals surface area contributed by atoms with E-state index in [4.69, 9.17) is 0 Å². The fourth-order valence-corrected chi connectivity index (χ4v) is 3.14. The van der Waals surface area contributed by atoms with Crippen molar-refractivity contribution in [1.29, 1.82) is 0 Å². The van der Waals surface area contributed by atoms with E-state index in [9.17, 15) is 4.79 Å². The summed E-state index contributed by atoms with van der Waals surface area (Å²) < 4.78 is 0. The average molecular weight is 515 g/mol. The Morgan fingerprint density at radius 3 is 2.54 bits per heavy atom. The number of aliphatic imine (C=N–C) groups is 1. The number of aryl methyl sites for hydroxylation is 1. The van der Waals surface area contributed by atoms with Crippen molar-refractivity contribution in [3.63, 3.8) is 0 Å². The summed E-state index contributed by atoms with van der Waals surface area (Å²) in [5.41, 5.74) is 3.03. The Balaban J connectivity index is 0.00000392. The molecule has 0 spiro atoms. The first-order valence-corrected chi connectivity index (χ1v) is 10.3. The second-order valence-electron chi connectivity index (χ2n) is 6.22. The predicted octanol–water partition coefficient (Wildman–Crippen LogP) is 4.11. The summed E-state index contributed by atoms with van der Waals surface area (Å²) in [6, 6.07) is 7.83. The van der Waals surface area contributed by atoms with E-state index in [1.165, 1.54) is 0 Å². The minimum atomic E-state index is 0. The maximum atomic E-state index is 11.6. The lowest BCUT2D eigenvalue weighted by Gasteiger charge is -2.11. The number of guanidine groups is 1. The number of hydrogen-bond acceptors (Lipinski definition) is 4. The van der Waals surface area contributed by atoms with Gasteiger partial charge in [0.1, 0.15) is 0 Å². The van der Waals surface area contributed by atoms with Gasteiger partial charge in [0.25, 0.3) is 0 Å². The summed E-state index contributed by atoms with van der Waals surface area (Å²) in [4.78, 5) is 20.7. The Morgan fingerprint density at radius 1 is 1.18 bits per heavy atom. The SMILES string of the molecule is CCCC(=O)Nc1ccc(CN=C(NCC)NCCc2csc(C)n2)cc1.I. The van der Waals surface area contributed by atoms with Gasteiger partial charge >= 0.3 is 0 Å². The van der Waals surface area contributed by atoms with Crippen molar-refractivity contribution >= 4 is 52.9 Å². The summed E-state index contributed by atoms with van der Waals surface area (Å²) >= 11 is 1.68. The molecule has 154 valence electrons. The van der Waals surface area contributed by atoms with Crippen LogP contribution in [0.3, 0.4) is 0 Å². The molecule has 28 heavy (non-hydrogen) atoms. The van der Waals surface area contributed by atoms with Gasteiger partial charge in [0.2, 0.25) is 5.91 Å². The number of amides is 1. The third-order valence-electron chi connectivity index (χ3n) is 3.82. The number of nitrogens with one attached hydrogen (secondary N) is 3. The summed E-state index contributed by atoms with van der Waals surface area (Å²) in [6.45, 7) is 8.24. The predicted molar refractivity (Wildman–Crippen MR) is 129 cm³/mol. The first-order valence-electron chi connectivity index (χ1n) is 9.42. The van der Waals surface area contributed by atoms with Crippen molar-refractivity contribution in [2.75, 3.05) is 18.4 Å². The van der Waals surface area contributed by atoms with Crippen LogP contribution in [0.5, 0.6) is 0 Å². The van der Waals surface area contributed by atoms with Crippen LogP contribution in [-0.4, -0.2) is 29.9 Å². The fraction of sp³-hybridized carbons (Fsp3) is 0.450. The monoisotopic (exact) mass is 515 g/mol. The fourth-order valence-electron chi connectivity index (χ4n) is 2.49. The Hall–Kier alpha value is -1.68. The van der Waals surface area contributed by atoms with Gasteiger partial charge in [0.05, 0.1) is 17.2 Å². The van der Waals surface area contributed by atoms with Gasteiger partial charge in [-0.15, -0.1) is 35.3 Å². The van der Waals surface area contributed by atoms with E-state index in [1.54, 1.807) is 11.3 Å². The first-order chi connectivity index (χ1) is 13.1. The van der Waals surface area contributed by atoms with Gasteiger partial charge in [0, 0.05) is 37.0 Å². The maximum absolute atomic E-state index is 11.6. The van der Waals surface area contributed by atoms with Crippen LogP contribution in [0, 0.1) is 6.92 Å². The lowest BCUT2D eigenvalue weighted by atomic mass is 10.2. The van der Waals surface area contributed by atoms with Gasteiger partial charge in [-0.3, -0.25) is 4.79 Å². The number of hydrogen-bond donors (Lipinski definition) is 3. The zero-order valence-corrected chi connectivity index (χ0v) is 19.9. The van der Waals surface area contributed by atoms with Crippen LogP contribution in [0.4, 0.5) is 5.69 Å². The molecule has 0 unspecified atom stereocenters. The third kappa shape index (κ3) is 9.01. The molecule has 0 saturated carbocycles. The quantitative estimate of drug-likeness (QED) is 0.267. The highest BCUT2D eigenvalue weighted by atomic mass is 127. The van der Waals surface area contributed by atoms with Crippen LogP contribution in [0.1, 0.15) is 43.0 Å². The first kappa shape index (κ1) is 24.4. The summed E-state index contributed by atoms with van der Waals surface area (Å²) in [7, 11) is 0. The summed E-state index contributed by atoms with van der Waals surface area (Å²) in [6.07, 6.45) is 2.27. The number of nitrogens with zero attached hydrogens (tertiary/aromatic N) is 2. The van der Waals surface area contributed by atoms with Gasteiger partial charge < -0.3 is 16.0 Å². The molecule has 6 nitrogen and oxygen atoms in total. The smallest absolute Gasteiger partial charge is 0.224 e. The van der Waals surface area contributed by atoms with E-state index in [1.807, 2.05) is 38.1 Å². The molecule has 0 bridgehead atoms. The molecule has 2 rings (SSSR count). The molecule has 0 saturated heterocycles. The Kier molecular flexibility index (Phi) is 11.7. The second kappa shape index (κ2) is 13.5. The Morgan fingerprint density at radius 2 is 1.93 bits per heavy atom. The third-order valence-corrected chi connectivity index (χ3v) is 4.64. The number of thiazole rings is 1. The van der Waals surface area contributed by atoms with Crippen molar-refractivity contribution in [1.82, 2.24) is 15.6 Å². The van der Waals surface area contributed by atoms with Gasteiger partial charge in [-0.2, -0.15) is 0 Å². The summed E-state index contributed by atoms with van der Waals surface area (Å²) in [5.74, 6) is 0.849. The molecule has 3 N–H and O–H groups in total. The Bertz CT molecular complexity index is 745. The van der Waals surface area contributed by atoms with E-state index < -0.39 is 0 Å². The molecule has 1 aromatic heterocycles. The zero-order chi connectivity index (χ0) is 19.5. The average Bonchev–Trinajstić information content (AvgIpc) is 3.06. The van der Waals surface area contributed by atoms with E-state index in [0.717, 1.165) is 53.8 Å². The standard InChI is InChI=1S/C20H29N5OS.HI/c1-4-6-19(26)25-17-9-7-16(8-10-17)13-23-20(21-5-2)22-12-11-18-14-27-15(3)24-18;/h7-10,14H,4-6,11-13H2,1-3H3,(H,25,26)(H2,21,22,23);1H. The number of carbonyl (C=O) groups is 1. The molecule has 2 aromatic rings. The molecule has 0 atom stereocenters. The molecule has 1 aromatic carbocycles. The lowest BCUT2D eigenvalue weighted by Crippen LogP contribution is -2.38. The maximum Gasteiger partial charge on any atom is 0.224 e. The molecule has 0 aliphatic rings. The van der Waals surface area contributed by atoms with Crippen LogP contribution in [0.2, 0.25) is 0 Å². The summed E-state index contributed by atoms with van der Waals surface area (Å²) in [5, 5.41) is 12.7. The van der Waals surface area contributed by atoms with Gasteiger partial charge in [-0.25, -0.2) is 9.98 Å². The molecule has 0 aliphatic carbocycles. The van der Waals surface area contributed by atoms with Crippen molar-refractivity contribution < 1.29 is 4.79 Å². The Labute approximate surface area is 188 Å². The van der Waals surface area contributed by atoms with Crippen molar-refractivity contribution in [3.8, 4) is 0 Å². The van der Waals surface area contributed by atoms with Crippen molar-refractivity contribution in [2.24, 2.45) is 4.99 Å². The zero-order valence-electron chi connectivity index (χ0n) is 16.7. The highest BCUT2D eigenvalue weighted by Gasteiger charge is 2.02.